The summed E-state index contributed by atoms with van der Waals surface area (Å²) in [5, 5.41) is 0. The van der Waals surface area contributed by atoms with Crippen molar-refractivity contribution in [1.82, 2.24) is 8.87 Å². The lowest BCUT2D eigenvalue weighted by atomic mass is 10.2. The molecule has 0 bridgehead atoms. The zero-order valence-electron chi connectivity index (χ0n) is 20.9. The Morgan fingerprint density at radius 2 is 1.67 bits per heavy atom. The lowest BCUT2D eigenvalue weighted by molar-refractivity contribution is -0.141. The highest BCUT2D eigenvalue weighted by Crippen LogP contribution is 2.21. The Morgan fingerprint density at radius 3 is 2.22 bits per heavy atom. The number of hydrogen-bond acceptors (Lipinski definition) is 6. The van der Waals surface area contributed by atoms with E-state index in [-0.39, 0.29) is 33.6 Å². The monoisotopic (exact) mass is 535 g/mol. The van der Waals surface area contributed by atoms with Crippen molar-refractivity contribution in [2.75, 3.05) is 20.2 Å². The number of carbonyl (C=O) groups excluding carboxylic acids is 2. The molecule has 2 aromatic carbocycles. The van der Waals surface area contributed by atoms with Crippen LogP contribution in [0.1, 0.15) is 38.1 Å². The maximum atomic E-state index is 13.7. The van der Waals surface area contributed by atoms with Gasteiger partial charge in [-0.15, -0.1) is 0 Å². The molecule has 1 amide bonds. The maximum Gasteiger partial charge on any atom is 0.325 e. The quantitative estimate of drug-likeness (QED) is 0.385. The van der Waals surface area contributed by atoms with Gasteiger partial charge in [0, 0.05) is 18.7 Å². The maximum absolute atomic E-state index is 13.7. The fraction of sp³-hybridized carbons (Fsp3) is 0.400. The van der Waals surface area contributed by atoms with Crippen molar-refractivity contribution in [3.8, 4) is 0 Å². The highest BCUT2D eigenvalue weighted by Gasteiger charge is 2.26. The fourth-order valence-electron chi connectivity index (χ4n) is 3.63. The first kappa shape index (κ1) is 27.7. The standard InChI is InChI=1S/C25H30FN3O5S2/c1-16(2)13-28(14-17(3)4)36(32,33)20-9-6-18(7-10-20)24(31)27-25-29(15-23(30)34-5)21-11-8-19(26)12-22(21)35-25/h6-12,16-17H,13-15H2,1-5H3. The van der Waals surface area contributed by atoms with Crippen LogP contribution in [0.3, 0.4) is 0 Å². The first-order valence-electron chi connectivity index (χ1n) is 11.5. The van der Waals surface area contributed by atoms with Crippen LogP contribution in [0, 0.1) is 17.7 Å². The van der Waals surface area contributed by atoms with Crippen molar-refractivity contribution < 1.29 is 27.1 Å². The van der Waals surface area contributed by atoms with Gasteiger partial charge < -0.3 is 9.30 Å². The molecule has 11 heteroatoms. The number of ether oxygens (including phenoxy) is 1. The molecule has 0 aliphatic carbocycles. The first-order valence-corrected chi connectivity index (χ1v) is 13.7. The molecule has 0 N–H and O–H groups in total. The van der Waals surface area contributed by atoms with Gasteiger partial charge in [-0.1, -0.05) is 39.0 Å². The molecular formula is C25H30FN3O5S2. The Kier molecular flexibility index (Phi) is 8.80. The van der Waals surface area contributed by atoms with Gasteiger partial charge in [0.05, 0.1) is 22.2 Å². The third-order valence-corrected chi connectivity index (χ3v) is 8.12. The second-order valence-corrected chi connectivity index (χ2v) is 12.2. The van der Waals surface area contributed by atoms with Gasteiger partial charge in [-0.3, -0.25) is 9.59 Å². The minimum absolute atomic E-state index is 0.0958. The number of amides is 1. The fourth-order valence-corrected chi connectivity index (χ4v) is 6.45. The van der Waals surface area contributed by atoms with E-state index in [0.717, 1.165) is 11.3 Å². The summed E-state index contributed by atoms with van der Waals surface area (Å²) in [6.07, 6.45) is 0. The van der Waals surface area contributed by atoms with E-state index in [2.05, 4.69) is 4.99 Å². The lowest BCUT2D eigenvalue weighted by Crippen LogP contribution is -2.37. The van der Waals surface area contributed by atoms with E-state index in [4.69, 9.17) is 4.74 Å². The predicted octanol–water partition coefficient (Wildman–Crippen LogP) is 4.06. The molecule has 0 atom stereocenters. The first-order chi connectivity index (χ1) is 16.9. The van der Waals surface area contributed by atoms with E-state index in [1.54, 1.807) is 0 Å². The molecule has 0 fully saturated rings. The predicted molar refractivity (Wildman–Crippen MR) is 137 cm³/mol. The molecule has 0 unspecified atom stereocenters. The van der Waals surface area contributed by atoms with Crippen molar-refractivity contribution in [2.45, 2.75) is 39.1 Å². The molecule has 3 rings (SSSR count). The Labute approximate surface area is 214 Å². The number of aromatic nitrogens is 1. The van der Waals surface area contributed by atoms with Crippen LogP contribution in [0.5, 0.6) is 0 Å². The summed E-state index contributed by atoms with van der Waals surface area (Å²) in [6, 6.07) is 9.70. The van der Waals surface area contributed by atoms with Gasteiger partial charge in [-0.25, -0.2) is 12.8 Å². The molecule has 8 nitrogen and oxygen atoms in total. The van der Waals surface area contributed by atoms with Gasteiger partial charge >= 0.3 is 5.97 Å². The Bertz CT molecular complexity index is 1410. The van der Waals surface area contributed by atoms with Gasteiger partial charge in [-0.05, 0) is 54.3 Å². The number of rotatable bonds is 9. The van der Waals surface area contributed by atoms with Crippen molar-refractivity contribution in [3.05, 3.63) is 58.6 Å². The average molecular weight is 536 g/mol. The van der Waals surface area contributed by atoms with Crippen molar-refractivity contribution in [1.29, 1.82) is 0 Å². The second kappa shape index (κ2) is 11.4. The number of esters is 1. The number of sulfonamides is 1. The molecule has 0 saturated carbocycles. The average Bonchev–Trinajstić information content (AvgIpc) is 3.13. The second-order valence-electron chi connectivity index (χ2n) is 9.21. The number of thiazole rings is 1. The number of halogens is 1. The smallest absolute Gasteiger partial charge is 0.325 e. The molecule has 36 heavy (non-hydrogen) atoms. The largest absolute Gasteiger partial charge is 0.468 e. The molecule has 0 saturated heterocycles. The van der Waals surface area contributed by atoms with Gasteiger partial charge in [0.25, 0.3) is 5.91 Å². The van der Waals surface area contributed by atoms with Crippen LogP contribution in [0.2, 0.25) is 0 Å². The summed E-state index contributed by atoms with van der Waals surface area (Å²) in [7, 11) is -2.49. The Hall–Kier alpha value is -2.89. The molecule has 0 radical (unpaired) electrons. The molecule has 194 valence electrons. The summed E-state index contributed by atoms with van der Waals surface area (Å²) in [5.74, 6) is -1.30. The van der Waals surface area contributed by atoms with Crippen molar-refractivity contribution in [3.63, 3.8) is 0 Å². The summed E-state index contributed by atoms with van der Waals surface area (Å²) in [5.41, 5.74) is 0.719. The van der Waals surface area contributed by atoms with Gasteiger partial charge in [0.1, 0.15) is 12.4 Å². The molecule has 1 heterocycles. The van der Waals surface area contributed by atoms with E-state index in [1.807, 2.05) is 27.7 Å². The zero-order chi connectivity index (χ0) is 26.6. The third kappa shape index (κ3) is 6.45. The Balaban J connectivity index is 1.96. The minimum Gasteiger partial charge on any atom is -0.468 e. The van der Waals surface area contributed by atoms with Gasteiger partial charge in [-0.2, -0.15) is 9.30 Å². The molecular weight excluding hydrogens is 505 g/mol. The summed E-state index contributed by atoms with van der Waals surface area (Å²) in [6.45, 7) is 8.42. The van der Waals surface area contributed by atoms with Crippen LogP contribution in [0.25, 0.3) is 10.2 Å². The van der Waals surface area contributed by atoms with Crippen molar-refractivity contribution >= 4 is 43.5 Å². The zero-order valence-corrected chi connectivity index (χ0v) is 22.5. The van der Waals surface area contributed by atoms with Crippen LogP contribution >= 0.6 is 11.3 Å². The summed E-state index contributed by atoms with van der Waals surface area (Å²) in [4.78, 5) is 29.3. The number of benzene rings is 2. The third-order valence-electron chi connectivity index (χ3n) is 5.23. The lowest BCUT2D eigenvalue weighted by Gasteiger charge is -2.25. The highest BCUT2D eigenvalue weighted by atomic mass is 32.2. The topological polar surface area (TPSA) is 98.0 Å². The number of nitrogens with zero attached hydrogens (tertiary/aromatic N) is 3. The van der Waals surface area contributed by atoms with E-state index in [0.29, 0.717) is 23.3 Å². The van der Waals surface area contributed by atoms with Crippen LogP contribution < -0.4 is 4.80 Å². The van der Waals surface area contributed by atoms with Crippen LogP contribution in [-0.4, -0.2) is 49.4 Å². The van der Waals surface area contributed by atoms with Crippen LogP contribution in [0.15, 0.2) is 52.4 Å². The number of fused-ring (bicyclic) bond motifs is 1. The number of carbonyl (C=O) groups is 2. The van der Waals surface area contributed by atoms with Crippen LogP contribution in [0.4, 0.5) is 4.39 Å². The molecule has 1 aromatic heterocycles. The van der Waals surface area contributed by atoms with Gasteiger partial charge in [0.15, 0.2) is 4.80 Å². The van der Waals surface area contributed by atoms with Gasteiger partial charge in [0.2, 0.25) is 10.0 Å². The van der Waals surface area contributed by atoms with E-state index < -0.39 is 27.7 Å². The SMILES string of the molecule is COC(=O)Cn1c(=NC(=O)c2ccc(S(=O)(=O)N(CC(C)C)CC(C)C)cc2)sc2cc(F)ccc21. The number of methoxy groups -OCH3 is 1. The molecule has 0 spiro atoms. The number of hydrogen-bond donors (Lipinski definition) is 0. The van der Waals surface area contributed by atoms with E-state index >= 15 is 0 Å². The van der Waals surface area contributed by atoms with Crippen LogP contribution in [-0.2, 0) is 26.1 Å². The Morgan fingerprint density at radius 1 is 1.06 bits per heavy atom. The highest BCUT2D eigenvalue weighted by molar-refractivity contribution is 7.89. The summed E-state index contributed by atoms with van der Waals surface area (Å²) >= 11 is 1.06. The van der Waals surface area contributed by atoms with E-state index in [9.17, 15) is 22.4 Å². The minimum atomic E-state index is -3.73. The molecule has 0 aliphatic rings. The molecule has 3 aromatic rings. The molecule has 0 aliphatic heterocycles. The van der Waals surface area contributed by atoms with Crippen molar-refractivity contribution in [2.24, 2.45) is 16.8 Å². The summed E-state index contributed by atoms with van der Waals surface area (Å²) < 4.78 is 48.4. The van der Waals surface area contributed by atoms with E-state index in [1.165, 1.54) is 58.4 Å². The normalized spacial score (nSPS) is 12.8.